The van der Waals surface area contributed by atoms with E-state index >= 15 is 0 Å². The number of methoxy groups -OCH3 is 1. The van der Waals surface area contributed by atoms with E-state index < -0.39 is 5.82 Å². The second-order valence-corrected chi connectivity index (χ2v) is 6.88. The minimum absolute atomic E-state index is 0.172. The van der Waals surface area contributed by atoms with E-state index in [4.69, 9.17) is 9.47 Å². The predicted octanol–water partition coefficient (Wildman–Crippen LogP) is 3.40. The fourth-order valence-electron chi connectivity index (χ4n) is 3.40. The molecule has 6 nitrogen and oxygen atoms in total. The number of anilines is 2. The van der Waals surface area contributed by atoms with Gasteiger partial charge in [0, 0.05) is 24.2 Å². The van der Waals surface area contributed by atoms with Crippen LogP contribution in [-0.2, 0) is 16.0 Å². The summed E-state index contributed by atoms with van der Waals surface area (Å²) in [4.78, 5) is 18.9. The molecule has 1 amide bonds. The molecular weight excluding hydrogens is 373 g/mol. The number of carbonyl (C=O) groups excluding carboxylic acids is 1. The molecule has 29 heavy (non-hydrogen) atoms. The second kappa shape index (κ2) is 8.45. The number of ether oxygens (including phenoxy) is 2. The van der Waals surface area contributed by atoms with E-state index in [1.165, 1.54) is 6.07 Å². The standard InChI is InChI=1S/C22H22FN3O3/c1-28-18-4-2-3-15(11-18)12-21(27)24-17-13-16-5-6-20(25-22(16)19(23)14-17)26-7-9-29-10-8-26/h2-6,11,13-14H,7-10,12H2,1H3,(H,24,27). The number of pyridine rings is 1. The molecule has 1 N–H and O–H groups in total. The number of nitrogens with one attached hydrogen (secondary N) is 1. The number of morpholine rings is 1. The van der Waals surface area contributed by atoms with Gasteiger partial charge >= 0.3 is 0 Å². The summed E-state index contributed by atoms with van der Waals surface area (Å²) < 4.78 is 25.2. The molecule has 2 heterocycles. The van der Waals surface area contributed by atoms with Crippen LogP contribution in [0.1, 0.15) is 5.56 Å². The van der Waals surface area contributed by atoms with Crippen molar-refractivity contribution in [2.45, 2.75) is 6.42 Å². The van der Waals surface area contributed by atoms with Crippen LogP contribution in [0, 0.1) is 5.82 Å². The maximum Gasteiger partial charge on any atom is 0.228 e. The van der Waals surface area contributed by atoms with Gasteiger partial charge in [0.2, 0.25) is 5.91 Å². The van der Waals surface area contributed by atoms with E-state index in [1.807, 2.05) is 30.3 Å². The van der Waals surface area contributed by atoms with E-state index in [1.54, 1.807) is 19.2 Å². The van der Waals surface area contributed by atoms with Crippen LogP contribution in [0.5, 0.6) is 5.75 Å². The quantitative estimate of drug-likeness (QED) is 0.717. The first-order valence-electron chi connectivity index (χ1n) is 9.48. The number of halogens is 1. The Morgan fingerprint density at radius 3 is 2.83 bits per heavy atom. The molecule has 0 spiro atoms. The summed E-state index contributed by atoms with van der Waals surface area (Å²) in [7, 11) is 1.58. The summed E-state index contributed by atoms with van der Waals surface area (Å²) in [6, 6.07) is 14.0. The number of rotatable bonds is 5. The van der Waals surface area contributed by atoms with Gasteiger partial charge < -0.3 is 19.7 Å². The fourth-order valence-corrected chi connectivity index (χ4v) is 3.40. The third-order valence-electron chi connectivity index (χ3n) is 4.85. The lowest BCUT2D eigenvalue weighted by molar-refractivity contribution is -0.115. The number of nitrogens with zero attached hydrogens (tertiary/aromatic N) is 2. The van der Waals surface area contributed by atoms with Crippen LogP contribution in [0.4, 0.5) is 15.9 Å². The molecule has 1 aromatic heterocycles. The highest BCUT2D eigenvalue weighted by Crippen LogP contribution is 2.25. The molecule has 150 valence electrons. The zero-order chi connectivity index (χ0) is 20.2. The van der Waals surface area contributed by atoms with Gasteiger partial charge in [-0.05, 0) is 42.0 Å². The van der Waals surface area contributed by atoms with E-state index in [0.29, 0.717) is 35.6 Å². The lowest BCUT2D eigenvalue weighted by Gasteiger charge is -2.28. The van der Waals surface area contributed by atoms with Gasteiger partial charge in [-0.1, -0.05) is 12.1 Å². The average molecular weight is 395 g/mol. The highest BCUT2D eigenvalue weighted by atomic mass is 19.1. The molecule has 1 aliphatic rings. The first-order valence-corrected chi connectivity index (χ1v) is 9.48. The molecule has 0 unspecified atom stereocenters. The average Bonchev–Trinajstić information content (AvgIpc) is 2.74. The van der Waals surface area contributed by atoms with Gasteiger partial charge in [0.25, 0.3) is 0 Å². The third-order valence-corrected chi connectivity index (χ3v) is 4.85. The minimum Gasteiger partial charge on any atom is -0.497 e. The lowest BCUT2D eigenvalue weighted by Crippen LogP contribution is -2.36. The smallest absolute Gasteiger partial charge is 0.228 e. The molecule has 7 heteroatoms. The summed E-state index contributed by atoms with van der Waals surface area (Å²) in [6.45, 7) is 2.75. The molecule has 1 aliphatic heterocycles. The van der Waals surface area contributed by atoms with Gasteiger partial charge in [-0.3, -0.25) is 4.79 Å². The van der Waals surface area contributed by atoms with E-state index in [0.717, 1.165) is 24.5 Å². The predicted molar refractivity (Wildman–Crippen MR) is 110 cm³/mol. The topological polar surface area (TPSA) is 63.7 Å². The molecule has 0 radical (unpaired) electrons. The molecule has 1 fully saturated rings. The Labute approximate surface area is 168 Å². The van der Waals surface area contributed by atoms with Crippen molar-refractivity contribution in [3.8, 4) is 5.75 Å². The first kappa shape index (κ1) is 19.1. The Morgan fingerprint density at radius 1 is 1.21 bits per heavy atom. The van der Waals surface area contributed by atoms with Crippen molar-refractivity contribution in [3.63, 3.8) is 0 Å². The van der Waals surface area contributed by atoms with Crippen LogP contribution in [0.15, 0.2) is 48.5 Å². The summed E-state index contributed by atoms with van der Waals surface area (Å²) in [6.07, 6.45) is 0.172. The van der Waals surface area contributed by atoms with Crippen LogP contribution >= 0.6 is 0 Å². The Balaban J connectivity index is 1.51. The van der Waals surface area contributed by atoms with E-state index in [2.05, 4.69) is 15.2 Å². The molecule has 0 bridgehead atoms. The van der Waals surface area contributed by atoms with E-state index in [9.17, 15) is 9.18 Å². The van der Waals surface area contributed by atoms with Crippen molar-refractivity contribution in [2.24, 2.45) is 0 Å². The summed E-state index contributed by atoms with van der Waals surface area (Å²) in [5, 5.41) is 3.40. The van der Waals surface area contributed by atoms with Crippen LogP contribution in [0.25, 0.3) is 10.9 Å². The number of aromatic nitrogens is 1. The SMILES string of the molecule is COc1cccc(CC(=O)Nc2cc(F)c3nc(N4CCOCC4)ccc3c2)c1. The van der Waals surface area contributed by atoms with Gasteiger partial charge in [-0.25, -0.2) is 9.37 Å². The van der Waals surface area contributed by atoms with Crippen molar-refractivity contribution in [2.75, 3.05) is 43.6 Å². The number of fused-ring (bicyclic) bond motifs is 1. The Bertz CT molecular complexity index is 1030. The zero-order valence-corrected chi connectivity index (χ0v) is 16.2. The zero-order valence-electron chi connectivity index (χ0n) is 16.2. The molecular formula is C22H22FN3O3. The largest absolute Gasteiger partial charge is 0.497 e. The highest BCUT2D eigenvalue weighted by molar-refractivity contribution is 5.95. The summed E-state index contributed by atoms with van der Waals surface area (Å²) in [5.41, 5.74) is 1.52. The number of hydrogen-bond acceptors (Lipinski definition) is 5. The van der Waals surface area contributed by atoms with Crippen molar-refractivity contribution < 1.29 is 18.7 Å². The first-order chi connectivity index (χ1) is 14.1. The van der Waals surface area contributed by atoms with Gasteiger partial charge in [0.15, 0.2) is 5.82 Å². The van der Waals surface area contributed by atoms with Crippen LogP contribution in [-0.4, -0.2) is 44.3 Å². The molecule has 1 saturated heterocycles. The van der Waals surface area contributed by atoms with Gasteiger partial charge in [-0.15, -0.1) is 0 Å². The van der Waals surface area contributed by atoms with Crippen LogP contribution in [0.2, 0.25) is 0 Å². The molecule has 0 aliphatic carbocycles. The van der Waals surface area contributed by atoms with E-state index in [-0.39, 0.29) is 12.3 Å². The highest BCUT2D eigenvalue weighted by Gasteiger charge is 2.15. The van der Waals surface area contributed by atoms with Crippen molar-refractivity contribution in [1.82, 2.24) is 4.98 Å². The van der Waals surface area contributed by atoms with Gasteiger partial charge in [-0.2, -0.15) is 0 Å². The maximum absolute atomic E-state index is 14.7. The van der Waals surface area contributed by atoms with Gasteiger partial charge in [0.1, 0.15) is 17.1 Å². The number of hydrogen-bond donors (Lipinski definition) is 1. The molecule has 4 rings (SSSR count). The summed E-state index contributed by atoms with van der Waals surface area (Å²) >= 11 is 0. The van der Waals surface area contributed by atoms with Crippen molar-refractivity contribution in [3.05, 3.63) is 59.9 Å². The molecule has 0 saturated carbocycles. The Hall–Kier alpha value is -3.19. The number of benzene rings is 2. The van der Waals surface area contributed by atoms with Gasteiger partial charge in [0.05, 0.1) is 26.7 Å². The number of carbonyl (C=O) groups is 1. The molecule has 2 aromatic carbocycles. The van der Waals surface area contributed by atoms with Crippen LogP contribution < -0.4 is 15.0 Å². The Kier molecular flexibility index (Phi) is 5.57. The lowest BCUT2D eigenvalue weighted by atomic mass is 10.1. The normalized spacial score (nSPS) is 14.1. The second-order valence-electron chi connectivity index (χ2n) is 6.88. The molecule has 3 aromatic rings. The number of amides is 1. The third kappa shape index (κ3) is 4.46. The Morgan fingerprint density at radius 2 is 2.03 bits per heavy atom. The minimum atomic E-state index is -0.464. The van der Waals surface area contributed by atoms with Crippen molar-refractivity contribution >= 4 is 28.3 Å². The van der Waals surface area contributed by atoms with Crippen LogP contribution in [0.3, 0.4) is 0 Å². The fraction of sp³-hybridized carbons (Fsp3) is 0.273. The van der Waals surface area contributed by atoms with Crippen molar-refractivity contribution in [1.29, 1.82) is 0 Å². The monoisotopic (exact) mass is 395 g/mol. The maximum atomic E-state index is 14.7. The molecule has 0 atom stereocenters. The summed E-state index contributed by atoms with van der Waals surface area (Å²) in [5.74, 6) is 0.730.